The second kappa shape index (κ2) is 4.41. The molecule has 0 heterocycles. The lowest BCUT2D eigenvalue weighted by molar-refractivity contribution is -0.121. The van der Waals surface area contributed by atoms with Crippen molar-refractivity contribution in [2.45, 2.75) is 6.92 Å². The summed E-state index contributed by atoms with van der Waals surface area (Å²) in [6, 6.07) is 0. The maximum absolute atomic E-state index is 10.9. The minimum Gasteiger partial charge on any atom is -0.354 e. The quantitative estimate of drug-likeness (QED) is 0.253. The van der Waals surface area contributed by atoms with Gasteiger partial charge in [-0.3, -0.25) is 9.59 Å². The van der Waals surface area contributed by atoms with E-state index in [9.17, 15) is 9.59 Å². The molecule has 0 fully saturated rings. The van der Waals surface area contributed by atoms with Crippen molar-refractivity contribution in [2.24, 2.45) is 4.99 Å². The van der Waals surface area contributed by atoms with E-state index in [2.05, 4.69) is 16.2 Å². The number of Topliss-reactive ketones (excluding diaryl/α,β-unsaturated/α-hetero) is 1. The van der Waals surface area contributed by atoms with E-state index in [-0.39, 0.29) is 11.4 Å². The minimum atomic E-state index is -0.455. The topological polar surface area (TPSA) is 58.5 Å². The summed E-state index contributed by atoms with van der Waals surface area (Å²) in [4.78, 5) is 25.0. The second-order valence-corrected chi connectivity index (χ2v) is 1.85. The van der Waals surface area contributed by atoms with Gasteiger partial charge in [-0.25, -0.2) is 4.99 Å². The van der Waals surface area contributed by atoms with Crippen molar-refractivity contribution in [3.8, 4) is 0 Å². The van der Waals surface area contributed by atoms with Gasteiger partial charge in [-0.15, -0.1) is 0 Å². The number of hydrogen-bond acceptors (Lipinski definition) is 3. The Morgan fingerprint density at radius 1 is 1.45 bits per heavy atom. The second-order valence-electron chi connectivity index (χ2n) is 1.85. The lowest BCUT2D eigenvalue weighted by Gasteiger charge is -1.95. The summed E-state index contributed by atoms with van der Waals surface area (Å²) >= 11 is 0. The van der Waals surface area contributed by atoms with Gasteiger partial charge in [-0.2, -0.15) is 0 Å². The molecule has 0 rings (SSSR count). The molecule has 4 nitrogen and oxygen atoms in total. The first kappa shape index (κ1) is 9.59. The highest BCUT2D eigenvalue weighted by Gasteiger charge is 2.11. The molecule has 1 N–H and O–H groups in total. The monoisotopic (exact) mass is 154 g/mol. The summed E-state index contributed by atoms with van der Waals surface area (Å²) in [6.45, 7) is 1.29. The van der Waals surface area contributed by atoms with Crippen molar-refractivity contribution in [3.05, 3.63) is 5.57 Å². The highest BCUT2D eigenvalue weighted by atomic mass is 16.2. The maximum Gasteiger partial charge on any atom is 0.264 e. The lowest BCUT2D eigenvalue weighted by Crippen LogP contribution is -2.24. The van der Waals surface area contributed by atoms with Crippen molar-refractivity contribution < 1.29 is 9.59 Å². The minimum absolute atomic E-state index is 0.0463. The number of aliphatic imine (C=N–C) groups is 1. The van der Waals surface area contributed by atoms with Gasteiger partial charge in [0.05, 0.1) is 0 Å². The van der Waals surface area contributed by atoms with E-state index in [1.807, 2.05) is 0 Å². The maximum atomic E-state index is 10.9. The van der Waals surface area contributed by atoms with Gasteiger partial charge in [0.1, 0.15) is 5.57 Å². The standard InChI is InChI=1S/C7H10N2O2/c1-5(10)6(4-8-2)7(11)9-3/h1-3H3,(H,9,11). The average Bonchev–Trinajstić information content (AvgIpc) is 1.98. The Balaban J connectivity index is 4.78. The van der Waals surface area contributed by atoms with Crippen LogP contribution in [0.15, 0.2) is 10.6 Å². The fourth-order valence-corrected chi connectivity index (χ4v) is 0.526. The molecule has 0 aliphatic heterocycles. The summed E-state index contributed by atoms with van der Waals surface area (Å²) in [5.41, 5.74) is -0.0463. The number of hydrogen-bond donors (Lipinski definition) is 1. The lowest BCUT2D eigenvalue weighted by atomic mass is 10.2. The Morgan fingerprint density at radius 2 is 2.00 bits per heavy atom. The highest BCUT2D eigenvalue weighted by Crippen LogP contribution is 1.89. The normalized spacial score (nSPS) is 7.91. The first-order chi connectivity index (χ1) is 5.13. The smallest absolute Gasteiger partial charge is 0.264 e. The van der Waals surface area contributed by atoms with Crippen LogP contribution < -0.4 is 5.32 Å². The van der Waals surface area contributed by atoms with Gasteiger partial charge in [0.15, 0.2) is 5.78 Å². The predicted molar refractivity (Wildman–Crippen MR) is 41.6 cm³/mol. The number of nitrogens with one attached hydrogen (secondary N) is 1. The van der Waals surface area contributed by atoms with Gasteiger partial charge < -0.3 is 5.32 Å². The molecular weight excluding hydrogens is 144 g/mol. The van der Waals surface area contributed by atoms with Crippen LogP contribution in [0.3, 0.4) is 0 Å². The van der Waals surface area contributed by atoms with Crippen LogP contribution in [0.1, 0.15) is 6.92 Å². The summed E-state index contributed by atoms with van der Waals surface area (Å²) in [6.07, 6.45) is 0. The molecule has 11 heavy (non-hydrogen) atoms. The molecule has 0 saturated heterocycles. The summed E-state index contributed by atoms with van der Waals surface area (Å²) in [5.74, 6) is 1.52. The van der Waals surface area contributed by atoms with Crippen LogP contribution in [0.5, 0.6) is 0 Å². The SMILES string of the molecule is CN=C=C(C(C)=O)C(=O)NC. The summed E-state index contributed by atoms with van der Waals surface area (Å²) in [7, 11) is 2.90. The van der Waals surface area contributed by atoms with Crippen LogP contribution in [-0.2, 0) is 9.59 Å². The first-order valence-corrected chi connectivity index (χ1v) is 3.08. The molecule has 0 bridgehead atoms. The van der Waals surface area contributed by atoms with E-state index in [4.69, 9.17) is 0 Å². The Bertz CT molecular complexity index is 237. The molecule has 0 aliphatic carbocycles. The van der Waals surface area contributed by atoms with Gasteiger partial charge in [-0.1, -0.05) is 0 Å². The van der Waals surface area contributed by atoms with E-state index in [1.165, 1.54) is 21.0 Å². The number of rotatable bonds is 2. The predicted octanol–water partition coefficient (Wildman–Crippen LogP) is -0.453. The molecule has 0 aromatic rings. The van der Waals surface area contributed by atoms with Gasteiger partial charge in [0.25, 0.3) is 5.91 Å². The van der Waals surface area contributed by atoms with Gasteiger partial charge in [0, 0.05) is 21.0 Å². The number of likely N-dealkylation sites (N-methyl/N-ethyl adjacent to an activating group) is 1. The van der Waals surface area contributed by atoms with E-state index in [0.29, 0.717) is 0 Å². The molecule has 0 aromatic carbocycles. The Labute approximate surface area is 65.0 Å². The van der Waals surface area contributed by atoms with E-state index in [0.717, 1.165) is 0 Å². The molecule has 1 amide bonds. The summed E-state index contributed by atoms with van der Waals surface area (Å²) in [5, 5.41) is 2.31. The number of carbonyl (C=O) groups is 2. The number of nitrogens with zero attached hydrogens (tertiary/aromatic N) is 1. The van der Waals surface area contributed by atoms with Crippen LogP contribution in [0.4, 0.5) is 0 Å². The van der Waals surface area contributed by atoms with Crippen LogP contribution in [0.25, 0.3) is 0 Å². The number of ketones is 1. The average molecular weight is 154 g/mol. The van der Waals surface area contributed by atoms with Crippen molar-refractivity contribution in [3.63, 3.8) is 0 Å². The Hall–Kier alpha value is -1.41. The van der Waals surface area contributed by atoms with Crippen molar-refractivity contribution >= 4 is 17.6 Å². The molecular formula is C7H10N2O2. The van der Waals surface area contributed by atoms with E-state index >= 15 is 0 Å². The van der Waals surface area contributed by atoms with E-state index in [1.54, 1.807) is 0 Å². The number of carbonyl (C=O) groups excluding carboxylic acids is 2. The van der Waals surface area contributed by atoms with Gasteiger partial charge in [-0.05, 0) is 5.87 Å². The molecule has 4 heteroatoms. The van der Waals surface area contributed by atoms with Crippen molar-refractivity contribution in [2.75, 3.05) is 14.1 Å². The summed E-state index contributed by atoms with van der Waals surface area (Å²) < 4.78 is 0. The highest BCUT2D eigenvalue weighted by molar-refractivity contribution is 6.24. The molecule has 0 radical (unpaired) electrons. The van der Waals surface area contributed by atoms with Crippen LogP contribution in [0, 0.1) is 0 Å². The molecule has 0 unspecified atom stereocenters. The van der Waals surface area contributed by atoms with Gasteiger partial charge in [0.2, 0.25) is 0 Å². The molecule has 0 atom stereocenters. The third kappa shape index (κ3) is 2.78. The first-order valence-electron chi connectivity index (χ1n) is 3.08. The molecule has 0 aromatic heterocycles. The zero-order chi connectivity index (χ0) is 8.85. The molecule has 0 spiro atoms. The van der Waals surface area contributed by atoms with Crippen LogP contribution in [-0.4, -0.2) is 31.7 Å². The van der Waals surface area contributed by atoms with Crippen molar-refractivity contribution in [1.82, 2.24) is 5.32 Å². The van der Waals surface area contributed by atoms with Crippen LogP contribution >= 0.6 is 0 Å². The zero-order valence-corrected chi connectivity index (χ0v) is 6.76. The Kier molecular flexibility index (Phi) is 3.85. The third-order valence-corrected chi connectivity index (χ3v) is 1.03. The fourth-order valence-electron chi connectivity index (χ4n) is 0.526. The van der Waals surface area contributed by atoms with E-state index < -0.39 is 5.91 Å². The third-order valence-electron chi connectivity index (χ3n) is 1.03. The molecule has 0 saturated carbocycles. The molecule has 0 aliphatic rings. The number of amides is 1. The fraction of sp³-hybridized carbons (Fsp3) is 0.429. The van der Waals surface area contributed by atoms with Gasteiger partial charge >= 0.3 is 0 Å². The van der Waals surface area contributed by atoms with Crippen molar-refractivity contribution in [1.29, 1.82) is 0 Å². The van der Waals surface area contributed by atoms with Crippen LogP contribution in [0.2, 0.25) is 0 Å². The largest absolute Gasteiger partial charge is 0.354 e. The Morgan fingerprint density at radius 3 is 2.27 bits per heavy atom. The zero-order valence-electron chi connectivity index (χ0n) is 6.76. The molecule has 60 valence electrons.